The Bertz CT molecular complexity index is 1420. The lowest BCUT2D eigenvalue weighted by molar-refractivity contribution is 0.0724. The summed E-state index contributed by atoms with van der Waals surface area (Å²) in [5, 5.41) is 16.1. The molecular weight excluding hydrogens is 516 g/mol. The summed E-state index contributed by atoms with van der Waals surface area (Å²) < 4.78 is 27.1. The standard InChI is InChI=1S/C28H38N6O4S/c1-26(2,30)11-12-27(3,4)39(37,38)28(13-14-28)18-34-15-10-21-22(32-33(5)23(21)25(34)36)24(35)31-17-20-8-6-19(16-29)7-9-20/h6-9H,10-15,17-18,30H2,1-5H3,(H,31,35). The van der Waals surface area contributed by atoms with Crippen LogP contribution in [0.1, 0.15) is 91.0 Å². The fourth-order valence-corrected chi connectivity index (χ4v) is 7.72. The Kier molecular flexibility index (Phi) is 7.42. The van der Waals surface area contributed by atoms with Gasteiger partial charge in [-0.15, -0.1) is 0 Å². The van der Waals surface area contributed by atoms with Crippen LogP contribution in [0.2, 0.25) is 0 Å². The first-order valence-corrected chi connectivity index (χ1v) is 14.7. The number of aryl methyl sites for hydroxylation is 1. The topological polar surface area (TPSA) is 151 Å². The van der Waals surface area contributed by atoms with E-state index in [-0.39, 0.29) is 30.6 Å². The average Bonchev–Trinajstić information content (AvgIpc) is 3.59. The van der Waals surface area contributed by atoms with Gasteiger partial charge in [0.25, 0.3) is 11.8 Å². The summed E-state index contributed by atoms with van der Waals surface area (Å²) in [5.74, 6) is -0.692. The monoisotopic (exact) mass is 554 g/mol. The van der Waals surface area contributed by atoms with Gasteiger partial charge in [0, 0.05) is 37.8 Å². The molecule has 0 saturated heterocycles. The van der Waals surface area contributed by atoms with Crippen LogP contribution in [-0.4, -0.2) is 63.0 Å². The molecule has 39 heavy (non-hydrogen) atoms. The second-order valence-electron chi connectivity index (χ2n) is 12.2. The lowest BCUT2D eigenvalue weighted by Crippen LogP contribution is -2.51. The second-order valence-corrected chi connectivity index (χ2v) is 15.2. The van der Waals surface area contributed by atoms with Crippen molar-refractivity contribution in [1.82, 2.24) is 20.0 Å². The fourth-order valence-electron chi connectivity index (χ4n) is 5.21. The molecule has 1 aromatic heterocycles. The largest absolute Gasteiger partial charge is 0.347 e. The highest BCUT2D eigenvalue weighted by molar-refractivity contribution is 7.94. The Hall–Kier alpha value is -3.23. The minimum atomic E-state index is -3.56. The first-order valence-electron chi connectivity index (χ1n) is 13.3. The number of aromatic nitrogens is 2. The maximum Gasteiger partial charge on any atom is 0.272 e. The van der Waals surface area contributed by atoms with Crippen LogP contribution >= 0.6 is 0 Å². The van der Waals surface area contributed by atoms with Crippen molar-refractivity contribution in [2.75, 3.05) is 13.1 Å². The molecule has 2 aliphatic rings. The Labute approximate surface area is 230 Å². The van der Waals surface area contributed by atoms with E-state index in [1.54, 1.807) is 50.1 Å². The number of sulfone groups is 1. The van der Waals surface area contributed by atoms with E-state index in [4.69, 9.17) is 11.0 Å². The molecular formula is C28H38N6O4S. The number of amides is 2. The molecule has 1 saturated carbocycles. The highest BCUT2D eigenvalue weighted by Gasteiger charge is 2.60. The van der Waals surface area contributed by atoms with Gasteiger partial charge in [0.2, 0.25) is 0 Å². The predicted octanol–water partition coefficient (Wildman–Crippen LogP) is 2.46. The molecule has 2 amide bonds. The first-order chi connectivity index (χ1) is 18.1. The number of hydrogen-bond acceptors (Lipinski definition) is 7. The molecule has 11 heteroatoms. The number of nitriles is 1. The number of benzene rings is 1. The third kappa shape index (κ3) is 5.58. The number of carbonyl (C=O) groups excluding carboxylic acids is 2. The molecule has 0 unspecified atom stereocenters. The lowest BCUT2D eigenvalue weighted by Gasteiger charge is -2.36. The van der Waals surface area contributed by atoms with E-state index in [0.29, 0.717) is 55.5 Å². The Morgan fingerprint density at radius 2 is 1.82 bits per heavy atom. The van der Waals surface area contributed by atoms with Gasteiger partial charge in [-0.05, 0) is 77.5 Å². The van der Waals surface area contributed by atoms with Crippen molar-refractivity contribution < 1.29 is 18.0 Å². The van der Waals surface area contributed by atoms with Crippen LogP contribution in [0.3, 0.4) is 0 Å². The second kappa shape index (κ2) is 10.1. The summed E-state index contributed by atoms with van der Waals surface area (Å²) in [6, 6.07) is 8.97. The smallest absolute Gasteiger partial charge is 0.272 e. The van der Waals surface area contributed by atoms with Crippen LogP contribution in [0.25, 0.3) is 0 Å². The van der Waals surface area contributed by atoms with E-state index in [1.807, 2.05) is 13.8 Å². The van der Waals surface area contributed by atoms with Gasteiger partial charge in [-0.25, -0.2) is 8.42 Å². The lowest BCUT2D eigenvalue weighted by atomic mass is 9.94. The zero-order chi connectivity index (χ0) is 28.8. The number of hydrogen-bond donors (Lipinski definition) is 2. The highest BCUT2D eigenvalue weighted by atomic mass is 32.2. The molecule has 4 rings (SSSR count). The third-order valence-electron chi connectivity index (χ3n) is 7.97. The average molecular weight is 555 g/mol. The minimum Gasteiger partial charge on any atom is -0.347 e. The van der Waals surface area contributed by atoms with Crippen molar-refractivity contribution in [3.05, 3.63) is 52.3 Å². The van der Waals surface area contributed by atoms with E-state index in [0.717, 1.165) is 5.56 Å². The number of rotatable bonds is 10. The number of nitrogens with zero attached hydrogens (tertiary/aromatic N) is 4. The van der Waals surface area contributed by atoms with Crippen molar-refractivity contribution in [3.63, 3.8) is 0 Å². The summed E-state index contributed by atoms with van der Waals surface area (Å²) in [7, 11) is -1.94. The van der Waals surface area contributed by atoms with E-state index in [1.165, 1.54) is 4.68 Å². The quantitative estimate of drug-likeness (QED) is 0.458. The molecule has 2 heterocycles. The maximum atomic E-state index is 13.8. The van der Waals surface area contributed by atoms with Gasteiger partial charge < -0.3 is 16.0 Å². The molecule has 10 nitrogen and oxygen atoms in total. The first kappa shape index (κ1) is 28.8. The van der Waals surface area contributed by atoms with Gasteiger partial charge in [-0.1, -0.05) is 12.1 Å². The Balaban J connectivity index is 1.47. The maximum absolute atomic E-state index is 13.8. The zero-order valence-electron chi connectivity index (χ0n) is 23.4. The van der Waals surface area contributed by atoms with E-state index in [2.05, 4.69) is 16.5 Å². The number of carbonyl (C=O) groups is 2. The predicted molar refractivity (Wildman–Crippen MR) is 148 cm³/mol. The fraction of sp³-hybridized carbons (Fsp3) is 0.571. The van der Waals surface area contributed by atoms with Gasteiger partial charge in [0.15, 0.2) is 15.5 Å². The molecule has 0 radical (unpaired) electrons. The highest BCUT2D eigenvalue weighted by Crippen LogP contribution is 2.50. The minimum absolute atomic E-state index is 0.133. The molecule has 1 fully saturated rings. The third-order valence-corrected chi connectivity index (χ3v) is 11.3. The molecule has 0 atom stereocenters. The summed E-state index contributed by atoms with van der Waals surface area (Å²) in [4.78, 5) is 28.1. The summed E-state index contributed by atoms with van der Waals surface area (Å²) in [6.45, 7) is 8.01. The summed E-state index contributed by atoms with van der Waals surface area (Å²) >= 11 is 0. The molecule has 2 aromatic rings. The van der Waals surface area contributed by atoms with E-state index in [9.17, 15) is 18.0 Å². The Morgan fingerprint density at radius 3 is 2.38 bits per heavy atom. The molecule has 1 aliphatic heterocycles. The number of nitrogens with two attached hydrogens (primary N) is 1. The molecule has 1 aliphatic carbocycles. The number of nitrogens with one attached hydrogen (secondary N) is 1. The molecule has 0 spiro atoms. The molecule has 1 aromatic carbocycles. The zero-order valence-corrected chi connectivity index (χ0v) is 24.2. The van der Waals surface area contributed by atoms with Crippen LogP contribution in [0.15, 0.2) is 24.3 Å². The van der Waals surface area contributed by atoms with Crippen LogP contribution in [0, 0.1) is 11.3 Å². The van der Waals surface area contributed by atoms with Gasteiger partial charge >= 0.3 is 0 Å². The van der Waals surface area contributed by atoms with Crippen LogP contribution in [0.5, 0.6) is 0 Å². The number of fused-ring (bicyclic) bond motifs is 1. The van der Waals surface area contributed by atoms with E-state index >= 15 is 0 Å². The van der Waals surface area contributed by atoms with Crippen molar-refractivity contribution in [2.45, 2.75) is 81.4 Å². The molecule has 0 bridgehead atoms. The summed E-state index contributed by atoms with van der Waals surface area (Å²) in [5.41, 5.74) is 8.14. The van der Waals surface area contributed by atoms with Gasteiger partial charge in [0.05, 0.1) is 21.1 Å². The molecule has 210 valence electrons. The van der Waals surface area contributed by atoms with Crippen LogP contribution in [-0.2, 0) is 29.9 Å². The van der Waals surface area contributed by atoms with Crippen molar-refractivity contribution >= 4 is 21.7 Å². The van der Waals surface area contributed by atoms with Gasteiger partial charge in [-0.3, -0.25) is 14.3 Å². The summed E-state index contributed by atoms with van der Waals surface area (Å²) in [6.07, 6.45) is 2.48. The van der Waals surface area contributed by atoms with Crippen molar-refractivity contribution in [1.29, 1.82) is 5.26 Å². The normalized spacial score (nSPS) is 16.9. The van der Waals surface area contributed by atoms with Gasteiger partial charge in [0.1, 0.15) is 5.69 Å². The Morgan fingerprint density at radius 1 is 1.18 bits per heavy atom. The SMILES string of the molecule is Cn1nc(C(=O)NCc2ccc(C#N)cc2)c2c1C(=O)N(CC1(S(=O)(=O)C(C)(C)CCC(C)(C)N)CC1)CC2. The van der Waals surface area contributed by atoms with Crippen molar-refractivity contribution in [3.8, 4) is 6.07 Å². The van der Waals surface area contributed by atoms with Crippen LogP contribution in [0.4, 0.5) is 0 Å². The van der Waals surface area contributed by atoms with Gasteiger partial charge in [-0.2, -0.15) is 10.4 Å². The van der Waals surface area contributed by atoms with E-state index < -0.39 is 24.9 Å². The molecule has 3 N–H and O–H groups in total. The van der Waals surface area contributed by atoms with Crippen molar-refractivity contribution in [2.24, 2.45) is 12.8 Å². The van der Waals surface area contributed by atoms with Crippen LogP contribution < -0.4 is 11.1 Å².